The molecular formula is C10H20N4O3S. The second kappa shape index (κ2) is 6.17. The lowest BCUT2D eigenvalue weighted by Gasteiger charge is -2.08. The second-order valence-corrected chi connectivity index (χ2v) is 5.72. The zero-order chi connectivity index (χ0) is 13.8. The minimum Gasteiger partial charge on any atom is -0.393 e. The maximum atomic E-state index is 11.9. The molecule has 0 saturated carbocycles. The highest BCUT2D eigenvalue weighted by Gasteiger charge is 2.20. The van der Waals surface area contributed by atoms with E-state index in [0.29, 0.717) is 19.4 Å². The smallest absolute Gasteiger partial charge is 0.245 e. The fourth-order valence-electron chi connectivity index (χ4n) is 1.43. The van der Waals surface area contributed by atoms with E-state index in [9.17, 15) is 13.5 Å². The average molecular weight is 276 g/mol. The predicted molar refractivity (Wildman–Crippen MR) is 68.4 cm³/mol. The molecule has 0 saturated heterocycles. The summed E-state index contributed by atoms with van der Waals surface area (Å²) in [6, 6.07) is 0. The summed E-state index contributed by atoms with van der Waals surface area (Å²) in [4.78, 5) is -0.0182. The van der Waals surface area contributed by atoms with Gasteiger partial charge in [-0.1, -0.05) is 6.92 Å². The van der Waals surface area contributed by atoms with Gasteiger partial charge < -0.3 is 10.8 Å². The largest absolute Gasteiger partial charge is 0.393 e. The van der Waals surface area contributed by atoms with Crippen LogP contribution in [0.15, 0.2) is 11.1 Å². The molecule has 1 rings (SSSR count). The Morgan fingerprint density at radius 3 is 2.72 bits per heavy atom. The Balaban J connectivity index is 2.71. The van der Waals surface area contributed by atoms with E-state index in [0.717, 1.165) is 0 Å². The van der Waals surface area contributed by atoms with Crippen molar-refractivity contribution in [2.24, 2.45) is 0 Å². The zero-order valence-corrected chi connectivity index (χ0v) is 11.4. The van der Waals surface area contributed by atoms with Crippen LogP contribution in [0.1, 0.15) is 26.7 Å². The number of aliphatic hydroxyl groups excluding tert-OH is 1. The van der Waals surface area contributed by atoms with Crippen molar-refractivity contribution in [3.05, 3.63) is 6.20 Å². The van der Waals surface area contributed by atoms with Crippen molar-refractivity contribution < 1.29 is 13.5 Å². The maximum absolute atomic E-state index is 11.9. The molecule has 8 heteroatoms. The lowest BCUT2D eigenvalue weighted by molar-refractivity contribution is 0.162. The molecule has 0 fully saturated rings. The average Bonchev–Trinajstić information content (AvgIpc) is 2.71. The summed E-state index contributed by atoms with van der Waals surface area (Å²) in [5.74, 6) is -0.0135. The van der Waals surface area contributed by atoms with Crippen LogP contribution in [-0.4, -0.2) is 36.0 Å². The van der Waals surface area contributed by atoms with Gasteiger partial charge in [-0.05, 0) is 19.8 Å². The Hall–Kier alpha value is -1.12. The first kappa shape index (κ1) is 14.9. The Morgan fingerprint density at radius 1 is 1.56 bits per heavy atom. The standard InChI is InChI=1S/C10H20N4O3S/c1-3-8(15)5-6-12-18(16,17)9-7-14(4-2)13-10(9)11/h7-8,12,15H,3-6H2,1-2H3,(H2,11,13). The monoisotopic (exact) mass is 276 g/mol. The number of anilines is 1. The van der Waals surface area contributed by atoms with E-state index < -0.39 is 16.1 Å². The van der Waals surface area contributed by atoms with Crippen LogP contribution >= 0.6 is 0 Å². The molecule has 4 N–H and O–H groups in total. The Kier molecular flexibility index (Phi) is 5.12. The van der Waals surface area contributed by atoms with E-state index in [1.807, 2.05) is 13.8 Å². The Bertz CT molecular complexity index is 483. The molecule has 1 atom stereocenters. The molecule has 0 bridgehead atoms. The highest BCUT2D eigenvalue weighted by Crippen LogP contribution is 2.15. The van der Waals surface area contributed by atoms with Gasteiger partial charge in [0.1, 0.15) is 4.90 Å². The first-order chi connectivity index (χ1) is 8.40. The van der Waals surface area contributed by atoms with Crippen LogP contribution in [0.3, 0.4) is 0 Å². The Morgan fingerprint density at radius 2 is 2.22 bits per heavy atom. The molecule has 0 aromatic carbocycles. The molecule has 18 heavy (non-hydrogen) atoms. The van der Waals surface area contributed by atoms with Crippen molar-refractivity contribution in [2.75, 3.05) is 12.3 Å². The third-order valence-electron chi connectivity index (χ3n) is 2.61. The normalized spacial score (nSPS) is 13.7. The summed E-state index contributed by atoms with van der Waals surface area (Å²) < 4.78 is 27.7. The number of sulfonamides is 1. The van der Waals surface area contributed by atoms with Gasteiger partial charge in [0.2, 0.25) is 10.0 Å². The topological polar surface area (TPSA) is 110 Å². The summed E-state index contributed by atoms with van der Waals surface area (Å²) in [5.41, 5.74) is 5.56. The first-order valence-electron chi connectivity index (χ1n) is 5.91. The summed E-state index contributed by atoms with van der Waals surface area (Å²) >= 11 is 0. The number of nitrogens with two attached hydrogens (primary N) is 1. The molecule has 1 unspecified atom stereocenters. The number of aliphatic hydroxyl groups is 1. The van der Waals surface area contributed by atoms with Crippen LogP contribution in [0.2, 0.25) is 0 Å². The fourth-order valence-corrected chi connectivity index (χ4v) is 2.55. The molecule has 1 heterocycles. The van der Waals surface area contributed by atoms with Crippen LogP contribution in [0.5, 0.6) is 0 Å². The van der Waals surface area contributed by atoms with Crippen LogP contribution in [0.25, 0.3) is 0 Å². The number of nitrogens with one attached hydrogen (secondary N) is 1. The van der Waals surface area contributed by atoms with Gasteiger partial charge in [-0.25, -0.2) is 13.1 Å². The molecule has 0 aliphatic rings. The molecule has 0 amide bonds. The number of nitrogen functional groups attached to an aromatic ring is 1. The summed E-state index contributed by atoms with van der Waals surface area (Å²) in [7, 11) is -3.65. The highest BCUT2D eigenvalue weighted by molar-refractivity contribution is 7.89. The van der Waals surface area contributed by atoms with Crippen molar-refractivity contribution >= 4 is 15.8 Å². The van der Waals surface area contributed by atoms with E-state index in [-0.39, 0.29) is 17.3 Å². The number of hydrogen-bond donors (Lipinski definition) is 3. The number of rotatable bonds is 7. The van der Waals surface area contributed by atoms with Crippen molar-refractivity contribution in [2.45, 2.75) is 44.2 Å². The van der Waals surface area contributed by atoms with Crippen LogP contribution < -0.4 is 10.5 Å². The minimum absolute atomic E-state index is 0.0135. The van der Waals surface area contributed by atoms with E-state index in [2.05, 4.69) is 9.82 Å². The van der Waals surface area contributed by atoms with E-state index in [4.69, 9.17) is 5.73 Å². The molecule has 7 nitrogen and oxygen atoms in total. The molecule has 1 aromatic rings. The molecule has 0 aliphatic carbocycles. The van der Waals surface area contributed by atoms with Gasteiger partial charge in [0.25, 0.3) is 0 Å². The maximum Gasteiger partial charge on any atom is 0.245 e. The molecular weight excluding hydrogens is 256 g/mol. The number of aryl methyl sites for hydroxylation is 1. The molecule has 0 spiro atoms. The lowest BCUT2D eigenvalue weighted by Crippen LogP contribution is -2.27. The fraction of sp³-hybridized carbons (Fsp3) is 0.700. The zero-order valence-electron chi connectivity index (χ0n) is 10.6. The quantitative estimate of drug-likeness (QED) is 0.645. The number of hydrogen-bond acceptors (Lipinski definition) is 5. The van der Waals surface area contributed by atoms with Crippen LogP contribution in [-0.2, 0) is 16.6 Å². The number of nitrogens with zero attached hydrogens (tertiary/aromatic N) is 2. The van der Waals surface area contributed by atoms with E-state index in [1.54, 1.807) is 0 Å². The summed E-state index contributed by atoms with van der Waals surface area (Å²) in [6.07, 6.45) is 1.87. The highest BCUT2D eigenvalue weighted by atomic mass is 32.2. The lowest BCUT2D eigenvalue weighted by atomic mass is 10.2. The van der Waals surface area contributed by atoms with Gasteiger partial charge in [0.05, 0.1) is 6.10 Å². The third kappa shape index (κ3) is 3.69. The van der Waals surface area contributed by atoms with Gasteiger partial charge in [0.15, 0.2) is 5.82 Å². The van der Waals surface area contributed by atoms with Gasteiger partial charge in [-0.15, -0.1) is 0 Å². The molecule has 0 aliphatic heterocycles. The number of aromatic nitrogens is 2. The second-order valence-electron chi connectivity index (χ2n) is 3.98. The van der Waals surface area contributed by atoms with E-state index in [1.165, 1.54) is 10.9 Å². The third-order valence-corrected chi connectivity index (χ3v) is 4.09. The van der Waals surface area contributed by atoms with Crippen molar-refractivity contribution in [1.29, 1.82) is 0 Å². The van der Waals surface area contributed by atoms with Gasteiger partial charge in [0, 0.05) is 19.3 Å². The molecule has 0 radical (unpaired) electrons. The Labute approximate surface area is 107 Å². The van der Waals surface area contributed by atoms with Crippen LogP contribution in [0, 0.1) is 0 Å². The van der Waals surface area contributed by atoms with Crippen LogP contribution in [0.4, 0.5) is 5.82 Å². The van der Waals surface area contributed by atoms with Crippen molar-refractivity contribution in [1.82, 2.24) is 14.5 Å². The van der Waals surface area contributed by atoms with Gasteiger partial charge in [-0.2, -0.15) is 5.10 Å². The minimum atomic E-state index is -3.65. The predicted octanol–water partition coefficient (Wildman–Crippen LogP) is -0.0755. The van der Waals surface area contributed by atoms with Gasteiger partial charge in [-0.3, -0.25) is 4.68 Å². The first-order valence-corrected chi connectivity index (χ1v) is 7.39. The van der Waals surface area contributed by atoms with Gasteiger partial charge >= 0.3 is 0 Å². The molecule has 1 aromatic heterocycles. The summed E-state index contributed by atoms with van der Waals surface area (Å²) in [6.45, 7) is 4.40. The van der Waals surface area contributed by atoms with E-state index >= 15 is 0 Å². The molecule has 104 valence electrons. The van der Waals surface area contributed by atoms with Crippen molar-refractivity contribution in [3.8, 4) is 0 Å². The SMILES string of the molecule is CCC(O)CCNS(=O)(=O)c1cn(CC)nc1N. The van der Waals surface area contributed by atoms with Crippen molar-refractivity contribution in [3.63, 3.8) is 0 Å². The summed E-state index contributed by atoms with van der Waals surface area (Å²) in [5, 5.41) is 13.2.